The number of piperidine rings is 1. The van der Waals surface area contributed by atoms with Crippen LogP contribution >= 0.6 is 11.3 Å². The van der Waals surface area contributed by atoms with Gasteiger partial charge in [-0.2, -0.15) is 0 Å². The second-order valence-corrected chi connectivity index (χ2v) is 8.83. The molecule has 0 amide bonds. The second kappa shape index (κ2) is 9.53. The van der Waals surface area contributed by atoms with Crippen LogP contribution in [0, 0.1) is 5.92 Å². The quantitative estimate of drug-likeness (QED) is 0.575. The first-order valence-electron chi connectivity index (χ1n) is 9.65. The predicted octanol–water partition coefficient (Wildman–Crippen LogP) is 3.27. The van der Waals surface area contributed by atoms with Gasteiger partial charge in [0.25, 0.3) is 0 Å². The number of guanidine groups is 1. The van der Waals surface area contributed by atoms with Crippen LogP contribution in [0.4, 0.5) is 0 Å². The maximum Gasteiger partial charge on any atom is 0.191 e. The van der Waals surface area contributed by atoms with Gasteiger partial charge in [0, 0.05) is 36.2 Å². The van der Waals surface area contributed by atoms with Crippen molar-refractivity contribution in [3.63, 3.8) is 0 Å². The number of nitrogens with one attached hydrogen (secondary N) is 2. The summed E-state index contributed by atoms with van der Waals surface area (Å²) in [6, 6.07) is 0. The van der Waals surface area contributed by atoms with Crippen LogP contribution in [0.5, 0.6) is 0 Å². The second-order valence-electron chi connectivity index (χ2n) is 7.63. The van der Waals surface area contributed by atoms with Crippen LogP contribution in [-0.2, 0) is 13.0 Å². The van der Waals surface area contributed by atoms with Crippen LogP contribution in [0.2, 0.25) is 0 Å². The Hall–Kier alpha value is -1.14. The SMILES string of the molecule is CCNC(=NCc1ncc(CC)s1)NCC(C)(C)N1CCCC(C)C1. The minimum Gasteiger partial charge on any atom is -0.357 e. The van der Waals surface area contributed by atoms with Crippen LogP contribution in [-0.4, -0.2) is 47.6 Å². The van der Waals surface area contributed by atoms with Crippen molar-refractivity contribution in [2.45, 2.75) is 66.0 Å². The van der Waals surface area contributed by atoms with Crippen molar-refractivity contribution >= 4 is 17.3 Å². The number of aliphatic imine (C=N–C) groups is 1. The molecule has 25 heavy (non-hydrogen) atoms. The van der Waals surface area contributed by atoms with Gasteiger partial charge in [0.15, 0.2) is 5.96 Å². The Kier molecular flexibility index (Phi) is 7.69. The van der Waals surface area contributed by atoms with E-state index >= 15 is 0 Å². The fourth-order valence-electron chi connectivity index (χ4n) is 3.22. The minimum atomic E-state index is 0.126. The van der Waals surface area contributed by atoms with Crippen molar-refractivity contribution in [3.8, 4) is 0 Å². The molecule has 6 heteroatoms. The Morgan fingerprint density at radius 1 is 1.40 bits per heavy atom. The van der Waals surface area contributed by atoms with Gasteiger partial charge < -0.3 is 10.6 Å². The highest BCUT2D eigenvalue weighted by Gasteiger charge is 2.30. The van der Waals surface area contributed by atoms with Gasteiger partial charge >= 0.3 is 0 Å². The third-order valence-electron chi connectivity index (χ3n) is 4.87. The summed E-state index contributed by atoms with van der Waals surface area (Å²) in [6.07, 6.45) is 5.68. The van der Waals surface area contributed by atoms with Gasteiger partial charge in [-0.1, -0.05) is 13.8 Å². The smallest absolute Gasteiger partial charge is 0.191 e. The fourth-order valence-corrected chi connectivity index (χ4v) is 4.01. The molecule has 1 fully saturated rings. The summed E-state index contributed by atoms with van der Waals surface area (Å²) in [5.41, 5.74) is 0.126. The maximum atomic E-state index is 4.72. The molecular weight excluding hydrogens is 330 g/mol. The third-order valence-corrected chi connectivity index (χ3v) is 5.99. The summed E-state index contributed by atoms with van der Waals surface area (Å²) in [5, 5.41) is 7.97. The molecule has 2 N–H and O–H groups in total. The summed E-state index contributed by atoms with van der Waals surface area (Å²) in [4.78, 5) is 13.1. The van der Waals surface area contributed by atoms with Gasteiger partial charge in [-0.25, -0.2) is 9.98 Å². The molecule has 5 nitrogen and oxygen atoms in total. The molecule has 2 rings (SSSR count). The maximum absolute atomic E-state index is 4.72. The molecule has 0 spiro atoms. The molecule has 1 unspecified atom stereocenters. The first-order valence-corrected chi connectivity index (χ1v) is 10.5. The van der Waals surface area contributed by atoms with Gasteiger partial charge in [0.05, 0.1) is 6.54 Å². The largest absolute Gasteiger partial charge is 0.357 e. The van der Waals surface area contributed by atoms with Crippen molar-refractivity contribution in [1.82, 2.24) is 20.5 Å². The van der Waals surface area contributed by atoms with Crippen LogP contribution < -0.4 is 10.6 Å². The zero-order chi connectivity index (χ0) is 18.3. The van der Waals surface area contributed by atoms with E-state index in [4.69, 9.17) is 4.99 Å². The molecule has 0 aliphatic carbocycles. The zero-order valence-electron chi connectivity index (χ0n) is 16.6. The highest BCUT2D eigenvalue weighted by atomic mass is 32.1. The first-order chi connectivity index (χ1) is 11.9. The molecule has 1 aromatic rings. The Morgan fingerprint density at radius 2 is 2.20 bits per heavy atom. The molecule has 1 aliphatic heterocycles. The standard InChI is InChI=1S/C19H35N5S/c1-6-16-11-21-17(25-16)12-22-18(20-7-2)23-14-19(4,5)24-10-8-9-15(3)13-24/h11,15H,6-10,12-14H2,1-5H3,(H2,20,22,23). The van der Waals surface area contributed by atoms with Gasteiger partial charge in [-0.05, 0) is 52.5 Å². The number of nitrogens with zero attached hydrogens (tertiary/aromatic N) is 3. The number of thiazole rings is 1. The Labute approximate surface area is 157 Å². The summed E-state index contributed by atoms with van der Waals surface area (Å²) in [5.74, 6) is 1.68. The van der Waals surface area contributed by atoms with Crippen LogP contribution in [0.25, 0.3) is 0 Å². The van der Waals surface area contributed by atoms with E-state index in [0.717, 1.165) is 36.4 Å². The number of aromatic nitrogens is 1. The molecule has 0 radical (unpaired) electrons. The van der Waals surface area contributed by atoms with E-state index in [9.17, 15) is 0 Å². The van der Waals surface area contributed by atoms with Crippen molar-refractivity contribution in [3.05, 3.63) is 16.1 Å². The van der Waals surface area contributed by atoms with E-state index in [1.165, 1.54) is 30.8 Å². The lowest BCUT2D eigenvalue weighted by Crippen LogP contribution is -2.55. The normalized spacial score (nSPS) is 19.9. The summed E-state index contributed by atoms with van der Waals surface area (Å²) in [6.45, 7) is 16.1. The van der Waals surface area contributed by atoms with Crippen molar-refractivity contribution < 1.29 is 0 Å². The topological polar surface area (TPSA) is 52.6 Å². The summed E-state index contributed by atoms with van der Waals surface area (Å²) < 4.78 is 0. The molecule has 1 saturated heterocycles. The summed E-state index contributed by atoms with van der Waals surface area (Å²) in [7, 11) is 0. The van der Waals surface area contributed by atoms with Crippen molar-refractivity contribution in [1.29, 1.82) is 0 Å². The van der Waals surface area contributed by atoms with E-state index in [0.29, 0.717) is 6.54 Å². The number of aryl methyl sites for hydroxylation is 1. The molecule has 0 saturated carbocycles. The molecule has 2 heterocycles. The van der Waals surface area contributed by atoms with Gasteiger partial charge in [0.1, 0.15) is 5.01 Å². The lowest BCUT2D eigenvalue weighted by Gasteiger charge is -2.43. The molecular formula is C19H35N5S. The van der Waals surface area contributed by atoms with E-state index in [1.807, 2.05) is 6.20 Å². The first kappa shape index (κ1) is 20.2. The average Bonchev–Trinajstić information content (AvgIpc) is 3.05. The fraction of sp³-hybridized carbons (Fsp3) is 0.789. The van der Waals surface area contributed by atoms with E-state index < -0.39 is 0 Å². The van der Waals surface area contributed by atoms with Gasteiger partial charge in [-0.15, -0.1) is 11.3 Å². The molecule has 0 aromatic carbocycles. The molecule has 0 bridgehead atoms. The van der Waals surface area contributed by atoms with Crippen LogP contribution in [0.3, 0.4) is 0 Å². The van der Waals surface area contributed by atoms with Crippen LogP contribution in [0.1, 0.15) is 57.3 Å². The lowest BCUT2D eigenvalue weighted by atomic mass is 9.93. The Balaban J connectivity index is 1.92. The number of rotatable bonds is 7. The summed E-state index contributed by atoms with van der Waals surface area (Å²) >= 11 is 1.76. The average molecular weight is 366 g/mol. The van der Waals surface area contributed by atoms with Crippen molar-refractivity contribution in [2.24, 2.45) is 10.9 Å². The highest BCUT2D eigenvalue weighted by molar-refractivity contribution is 7.11. The van der Waals surface area contributed by atoms with Crippen LogP contribution in [0.15, 0.2) is 11.2 Å². The molecule has 142 valence electrons. The third kappa shape index (κ3) is 6.26. The highest BCUT2D eigenvalue weighted by Crippen LogP contribution is 2.23. The number of likely N-dealkylation sites (tertiary alicyclic amines) is 1. The van der Waals surface area contributed by atoms with E-state index in [-0.39, 0.29) is 5.54 Å². The number of hydrogen-bond donors (Lipinski definition) is 2. The van der Waals surface area contributed by atoms with Crippen molar-refractivity contribution in [2.75, 3.05) is 26.2 Å². The van der Waals surface area contributed by atoms with E-state index in [2.05, 4.69) is 55.1 Å². The molecule has 1 aromatic heterocycles. The Morgan fingerprint density at radius 3 is 2.84 bits per heavy atom. The predicted molar refractivity (Wildman–Crippen MR) is 108 cm³/mol. The molecule has 1 aliphatic rings. The van der Waals surface area contributed by atoms with Gasteiger partial charge in [-0.3, -0.25) is 4.90 Å². The lowest BCUT2D eigenvalue weighted by molar-refractivity contribution is 0.0739. The van der Waals surface area contributed by atoms with E-state index in [1.54, 1.807) is 11.3 Å². The monoisotopic (exact) mass is 365 g/mol. The molecule has 1 atom stereocenters. The van der Waals surface area contributed by atoms with Gasteiger partial charge in [0.2, 0.25) is 0 Å². The minimum absolute atomic E-state index is 0.126. The Bertz CT molecular complexity index is 552. The number of hydrogen-bond acceptors (Lipinski definition) is 4. The zero-order valence-corrected chi connectivity index (χ0v) is 17.4.